The molecule has 0 bridgehead atoms. The van der Waals surface area contributed by atoms with Crippen molar-refractivity contribution < 1.29 is 9.47 Å². The molecule has 4 heteroatoms. The van der Waals surface area contributed by atoms with E-state index in [0.717, 1.165) is 10.9 Å². The second-order valence-electron chi connectivity index (χ2n) is 3.44. The minimum absolute atomic E-state index is 0.109. The summed E-state index contributed by atoms with van der Waals surface area (Å²) >= 11 is 3.38. The van der Waals surface area contributed by atoms with Crippen molar-refractivity contribution in [2.75, 3.05) is 7.11 Å². The van der Waals surface area contributed by atoms with E-state index in [-0.39, 0.29) is 6.10 Å². The number of hydrogen-bond acceptors (Lipinski definition) is 3. The molecule has 0 aliphatic heterocycles. The van der Waals surface area contributed by atoms with Crippen LogP contribution in [0, 0.1) is 11.3 Å². The minimum atomic E-state index is 0.109. The molecule has 86 valence electrons. The maximum absolute atomic E-state index is 8.83. The molecule has 0 spiro atoms. The lowest BCUT2D eigenvalue weighted by Crippen LogP contribution is -2.11. The Morgan fingerprint density at radius 1 is 1.50 bits per heavy atom. The average molecular weight is 284 g/mol. The maximum atomic E-state index is 8.83. The summed E-state index contributed by atoms with van der Waals surface area (Å²) in [7, 11) is 1.56. The Bertz CT molecular complexity index is 412. The lowest BCUT2D eigenvalue weighted by Gasteiger charge is -2.17. The van der Waals surface area contributed by atoms with E-state index in [4.69, 9.17) is 14.7 Å². The van der Waals surface area contributed by atoms with Gasteiger partial charge in [-0.1, -0.05) is 6.92 Å². The maximum Gasteiger partial charge on any atom is 0.175 e. The summed E-state index contributed by atoms with van der Waals surface area (Å²) in [5.41, 5.74) is 0.542. The van der Waals surface area contributed by atoms with Crippen LogP contribution in [0.2, 0.25) is 0 Å². The van der Waals surface area contributed by atoms with E-state index in [0.29, 0.717) is 17.1 Å². The molecule has 0 N–H and O–H groups in total. The molecular formula is C12H14BrNO2. The van der Waals surface area contributed by atoms with Crippen LogP contribution in [-0.2, 0) is 0 Å². The summed E-state index contributed by atoms with van der Waals surface area (Å²) in [6.07, 6.45) is 1.02. The Morgan fingerprint density at radius 3 is 2.69 bits per heavy atom. The smallest absolute Gasteiger partial charge is 0.175 e. The summed E-state index contributed by atoms with van der Waals surface area (Å²) in [6, 6.07) is 5.46. The number of nitriles is 1. The highest BCUT2D eigenvalue weighted by atomic mass is 79.9. The van der Waals surface area contributed by atoms with Crippen LogP contribution < -0.4 is 9.47 Å². The van der Waals surface area contributed by atoms with Gasteiger partial charge in [-0.2, -0.15) is 5.26 Å². The Kier molecular flexibility index (Phi) is 4.63. The number of halogens is 1. The largest absolute Gasteiger partial charge is 0.493 e. The molecule has 16 heavy (non-hydrogen) atoms. The van der Waals surface area contributed by atoms with E-state index in [9.17, 15) is 0 Å². The number of benzene rings is 1. The van der Waals surface area contributed by atoms with E-state index in [1.54, 1.807) is 19.2 Å². The predicted octanol–water partition coefficient (Wildman–Crippen LogP) is 3.51. The third kappa shape index (κ3) is 2.89. The van der Waals surface area contributed by atoms with Crippen LogP contribution >= 0.6 is 15.9 Å². The van der Waals surface area contributed by atoms with Crippen molar-refractivity contribution in [1.82, 2.24) is 0 Å². The Balaban J connectivity index is 3.12. The van der Waals surface area contributed by atoms with Crippen molar-refractivity contribution in [1.29, 1.82) is 5.26 Å². The van der Waals surface area contributed by atoms with Crippen LogP contribution in [-0.4, -0.2) is 13.2 Å². The fourth-order valence-corrected chi connectivity index (χ4v) is 1.72. The summed E-state index contributed by atoms with van der Waals surface area (Å²) in [6.45, 7) is 4.04. The van der Waals surface area contributed by atoms with Crippen molar-refractivity contribution in [2.24, 2.45) is 0 Å². The van der Waals surface area contributed by atoms with E-state index in [1.807, 2.05) is 6.92 Å². The number of rotatable bonds is 4. The monoisotopic (exact) mass is 283 g/mol. The van der Waals surface area contributed by atoms with Crippen LogP contribution in [0.4, 0.5) is 0 Å². The first-order valence-corrected chi connectivity index (χ1v) is 5.86. The minimum Gasteiger partial charge on any atom is -0.493 e. The molecule has 0 aliphatic carbocycles. The highest BCUT2D eigenvalue weighted by molar-refractivity contribution is 9.10. The van der Waals surface area contributed by atoms with Gasteiger partial charge in [0.05, 0.1) is 29.3 Å². The van der Waals surface area contributed by atoms with Crippen molar-refractivity contribution in [2.45, 2.75) is 26.4 Å². The van der Waals surface area contributed by atoms with Crippen LogP contribution in [0.1, 0.15) is 25.8 Å². The van der Waals surface area contributed by atoms with Gasteiger partial charge in [-0.25, -0.2) is 0 Å². The zero-order valence-corrected chi connectivity index (χ0v) is 11.2. The van der Waals surface area contributed by atoms with Gasteiger partial charge in [-0.05, 0) is 35.3 Å². The normalized spacial score (nSPS) is 11.7. The summed E-state index contributed by atoms with van der Waals surface area (Å²) in [4.78, 5) is 0. The first kappa shape index (κ1) is 12.9. The molecule has 0 amide bonds. The zero-order chi connectivity index (χ0) is 12.1. The van der Waals surface area contributed by atoms with Crippen molar-refractivity contribution in [3.8, 4) is 17.6 Å². The van der Waals surface area contributed by atoms with Crippen LogP contribution in [0.5, 0.6) is 11.5 Å². The molecule has 1 rings (SSSR count). The third-order valence-electron chi connectivity index (χ3n) is 2.25. The van der Waals surface area contributed by atoms with Crippen LogP contribution in [0.25, 0.3) is 0 Å². The predicted molar refractivity (Wildman–Crippen MR) is 65.8 cm³/mol. The van der Waals surface area contributed by atoms with Gasteiger partial charge >= 0.3 is 0 Å². The van der Waals surface area contributed by atoms with Crippen LogP contribution in [0.3, 0.4) is 0 Å². The first-order chi connectivity index (χ1) is 7.62. The van der Waals surface area contributed by atoms with Gasteiger partial charge in [-0.3, -0.25) is 0 Å². The average Bonchev–Trinajstić information content (AvgIpc) is 2.30. The summed E-state index contributed by atoms with van der Waals surface area (Å²) in [5.74, 6) is 1.22. The molecule has 0 aliphatic rings. The van der Waals surface area contributed by atoms with Crippen molar-refractivity contribution >= 4 is 15.9 Å². The van der Waals surface area contributed by atoms with Gasteiger partial charge in [0.1, 0.15) is 0 Å². The summed E-state index contributed by atoms with van der Waals surface area (Å²) in [5, 5.41) is 8.83. The number of ether oxygens (including phenoxy) is 2. The van der Waals surface area contributed by atoms with Gasteiger partial charge in [0.2, 0.25) is 0 Å². The van der Waals surface area contributed by atoms with E-state index in [2.05, 4.69) is 28.9 Å². The fourth-order valence-electron chi connectivity index (χ4n) is 1.18. The number of hydrogen-bond donors (Lipinski definition) is 0. The Morgan fingerprint density at radius 2 is 2.19 bits per heavy atom. The number of nitrogens with zero attached hydrogens (tertiary/aromatic N) is 1. The molecule has 0 saturated carbocycles. The molecule has 0 radical (unpaired) electrons. The standard InChI is InChI=1S/C12H14BrNO2/c1-4-8(2)16-12-10(13)5-9(7-14)6-11(12)15-3/h5-6,8H,4H2,1-3H3/t8-/m1/s1. The molecule has 0 heterocycles. The fraction of sp³-hybridized carbons (Fsp3) is 0.417. The lowest BCUT2D eigenvalue weighted by atomic mass is 10.2. The lowest BCUT2D eigenvalue weighted by molar-refractivity contribution is 0.206. The van der Waals surface area contributed by atoms with Crippen LogP contribution in [0.15, 0.2) is 16.6 Å². The Hall–Kier alpha value is -1.21. The quantitative estimate of drug-likeness (QED) is 0.849. The molecular weight excluding hydrogens is 270 g/mol. The molecule has 1 aromatic rings. The van der Waals surface area contributed by atoms with E-state index >= 15 is 0 Å². The van der Waals surface area contributed by atoms with Gasteiger partial charge < -0.3 is 9.47 Å². The van der Waals surface area contributed by atoms with Crippen molar-refractivity contribution in [3.63, 3.8) is 0 Å². The zero-order valence-electron chi connectivity index (χ0n) is 9.58. The second-order valence-corrected chi connectivity index (χ2v) is 4.29. The molecule has 1 aromatic carbocycles. The third-order valence-corrected chi connectivity index (χ3v) is 2.84. The Labute approximate surface area is 104 Å². The molecule has 0 unspecified atom stereocenters. The summed E-state index contributed by atoms with van der Waals surface area (Å²) < 4.78 is 11.7. The van der Waals surface area contributed by atoms with Gasteiger partial charge in [0.25, 0.3) is 0 Å². The van der Waals surface area contributed by atoms with E-state index in [1.165, 1.54) is 0 Å². The SMILES string of the molecule is CC[C@@H](C)Oc1c(Br)cc(C#N)cc1OC. The molecule has 0 aromatic heterocycles. The molecule has 0 saturated heterocycles. The highest BCUT2D eigenvalue weighted by Crippen LogP contribution is 2.37. The molecule has 3 nitrogen and oxygen atoms in total. The van der Waals surface area contributed by atoms with Gasteiger partial charge in [-0.15, -0.1) is 0 Å². The van der Waals surface area contributed by atoms with Crippen molar-refractivity contribution in [3.05, 3.63) is 22.2 Å². The van der Waals surface area contributed by atoms with Gasteiger partial charge in [0.15, 0.2) is 11.5 Å². The first-order valence-electron chi connectivity index (χ1n) is 5.06. The number of methoxy groups -OCH3 is 1. The van der Waals surface area contributed by atoms with Gasteiger partial charge in [0, 0.05) is 6.07 Å². The highest BCUT2D eigenvalue weighted by Gasteiger charge is 2.13. The second kappa shape index (κ2) is 5.76. The topological polar surface area (TPSA) is 42.2 Å². The molecule has 0 fully saturated rings. The van der Waals surface area contributed by atoms with E-state index < -0.39 is 0 Å². The molecule has 1 atom stereocenters.